The van der Waals surface area contributed by atoms with E-state index in [2.05, 4.69) is 10.2 Å². The lowest BCUT2D eigenvalue weighted by molar-refractivity contribution is 1.16. The Morgan fingerprint density at radius 2 is 2.10 bits per heavy atom. The van der Waals surface area contributed by atoms with E-state index in [1.54, 1.807) is 7.05 Å². The van der Waals surface area contributed by atoms with Crippen molar-refractivity contribution in [3.05, 3.63) is 29.8 Å². The van der Waals surface area contributed by atoms with Crippen LogP contribution >= 0.6 is 0 Å². The Morgan fingerprint density at radius 1 is 1.30 bits per heavy atom. The van der Waals surface area contributed by atoms with E-state index in [1.165, 1.54) is 5.56 Å². The van der Waals surface area contributed by atoms with E-state index in [-0.39, 0.29) is 0 Å². The molecule has 0 saturated carbocycles. The monoisotopic (exact) mass is 134 g/mol. The third-order valence-corrected chi connectivity index (χ3v) is 1.22. The molecular formula is C8H10N2. The molecule has 1 rings (SSSR count). The van der Waals surface area contributed by atoms with Crippen LogP contribution in [0.3, 0.4) is 0 Å². The molecule has 0 radical (unpaired) electrons. The number of rotatable bonds is 1. The topological polar surface area (TPSA) is 24.7 Å². The summed E-state index contributed by atoms with van der Waals surface area (Å²) in [7, 11) is 1.67. The van der Waals surface area contributed by atoms with Crippen molar-refractivity contribution >= 4 is 5.69 Å². The van der Waals surface area contributed by atoms with E-state index in [0.29, 0.717) is 0 Å². The molecule has 0 aliphatic heterocycles. The average molecular weight is 134 g/mol. The van der Waals surface area contributed by atoms with Crippen molar-refractivity contribution in [1.29, 1.82) is 0 Å². The smallest absolute Gasteiger partial charge is 0.0855 e. The van der Waals surface area contributed by atoms with Gasteiger partial charge in [0.25, 0.3) is 0 Å². The maximum Gasteiger partial charge on any atom is 0.0855 e. The molecule has 0 aromatic heterocycles. The molecule has 2 nitrogen and oxygen atoms in total. The van der Waals surface area contributed by atoms with Crippen LogP contribution in [0.25, 0.3) is 0 Å². The molecule has 0 aliphatic rings. The summed E-state index contributed by atoms with van der Waals surface area (Å²) in [4.78, 5) is 0. The fraction of sp³-hybridized carbons (Fsp3) is 0.250. The molecule has 0 fully saturated rings. The molecule has 0 amide bonds. The van der Waals surface area contributed by atoms with E-state index in [0.717, 1.165) is 5.69 Å². The summed E-state index contributed by atoms with van der Waals surface area (Å²) in [5.74, 6) is 0. The van der Waals surface area contributed by atoms with E-state index >= 15 is 0 Å². The molecule has 0 heterocycles. The van der Waals surface area contributed by atoms with Crippen LogP contribution in [0.4, 0.5) is 5.69 Å². The van der Waals surface area contributed by atoms with Crippen LogP contribution in [0.1, 0.15) is 5.56 Å². The molecule has 0 saturated heterocycles. The predicted molar refractivity (Wildman–Crippen MR) is 41.6 cm³/mol. The third kappa shape index (κ3) is 1.65. The molecule has 0 spiro atoms. The Balaban J connectivity index is 2.95. The highest BCUT2D eigenvalue weighted by atomic mass is 15.1. The molecule has 0 unspecified atom stereocenters. The van der Waals surface area contributed by atoms with Gasteiger partial charge in [-0.05, 0) is 24.6 Å². The summed E-state index contributed by atoms with van der Waals surface area (Å²) < 4.78 is 0. The lowest BCUT2D eigenvalue weighted by Crippen LogP contribution is -1.67. The van der Waals surface area contributed by atoms with E-state index in [9.17, 15) is 0 Å². The number of hydrogen-bond acceptors (Lipinski definition) is 2. The van der Waals surface area contributed by atoms with Gasteiger partial charge in [0.2, 0.25) is 0 Å². The first-order valence-electron chi connectivity index (χ1n) is 3.19. The highest BCUT2D eigenvalue weighted by molar-refractivity contribution is 5.38. The van der Waals surface area contributed by atoms with Gasteiger partial charge in [0.1, 0.15) is 0 Å². The van der Waals surface area contributed by atoms with Gasteiger partial charge in [-0.3, -0.25) is 0 Å². The highest BCUT2D eigenvalue weighted by Gasteiger charge is 1.86. The molecule has 0 bridgehead atoms. The fourth-order valence-corrected chi connectivity index (χ4v) is 0.806. The van der Waals surface area contributed by atoms with Gasteiger partial charge in [-0.15, -0.1) is 0 Å². The van der Waals surface area contributed by atoms with Gasteiger partial charge < -0.3 is 0 Å². The Morgan fingerprint density at radius 3 is 2.70 bits per heavy atom. The number of benzene rings is 1. The van der Waals surface area contributed by atoms with Crippen molar-refractivity contribution in [2.24, 2.45) is 10.2 Å². The highest BCUT2D eigenvalue weighted by Crippen LogP contribution is 2.12. The first kappa shape index (κ1) is 6.93. The van der Waals surface area contributed by atoms with Gasteiger partial charge in [0.15, 0.2) is 0 Å². The van der Waals surface area contributed by atoms with E-state index in [1.807, 2.05) is 31.2 Å². The minimum atomic E-state index is 0.919. The van der Waals surface area contributed by atoms with Crippen molar-refractivity contribution < 1.29 is 0 Å². The van der Waals surface area contributed by atoms with Crippen LogP contribution in [0.15, 0.2) is 34.5 Å². The predicted octanol–water partition coefficient (Wildman–Crippen LogP) is 2.71. The molecule has 2 heteroatoms. The Hall–Kier alpha value is -1.18. The van der Waals surface area contributed by atoms with Gasteiger partial charge >= 0.3 is 0 Å². The summed E-state index contributed by atoms with van der Waals surface area (Å²) in [6, 6.07) is 7.93. The first-order valence-corrected chi connectivity index (χ1v) is 3.19. The summed E-state index contributed by atoms with van der Waals surface area (Å²) >= 11 is 0. The quantitative estimate of drug-likeness (QED) is 0.527. The van der Waals surface area contributed by atoms with Gasteiger partial charge in [0, 0.05) is 7.05 Å². The first-order chi connectivity index (χ1) is 4.83. The van der Waals surface area contributed by atoms with E-state index < -0.39 is 0 Å². The Labute approximate surface area is 60.6 Å². The van der Waals surface area contributed by atoms with Crippen LogP contribution in [0.5, 0.6) is 0 Å². The molecule has 10 heavy (non-hydrogen) atoms. The van der Waals surface area contributed by atoms with Crippen LogP contribution in [-0.2, 0) is 0 Å². The lowest BCUT2D eigenvalue weighted by Gasteiger charge is -1.91. The van der Waals surface area contributed by atoms with E-state index in [4.69, 9.17) is 0 Å². The normalized spacial score (nSPS) is 10.6. The SMILES string of the molecule is C/N=N/c1cccc(C)c1. The van der Waals surface area contributed by atoms with Gasteiger partial charge in [-0.1, -0.05) is 12.1 Å². The van der Waals surface area contributed by atoms with Crippen molar-refractivity contribution in [3.63, 3.8) is 0 Å². The van der Waals surface area contributed by atoms with Crippen molar-refractivity contribution in [1.82, 2.24) is 0 Å². The largest absolute Gasteiger partial charge is 0.192 e. The standard InChI is InChI=1S/C8H10N2/c1-7-4-3-5-8(6-7)10-9-2/h3-6H,1-2H3/b10-9+. The lowest BCUT2D eigenvalue weighted by atomic mass is 10.2. The molecule has 52 valence electrons. The van der Waals surface area contributed by atoms with Crippen molar-refractivity contribution in [2.45, 2.75) is 6.92 Å². The number of nitrogens with zero attached hydrogens (tertiary/aromatic N) is 2. The molecule has 1 aromatic carbocycles. The maximum atomic E-state index is 3.89. The summed E-state index contributed by atoms with van der Waals surface area (Å²) in [6.07, 6.45) is 0. The van der Waals surface area contributed by atoms with Gasteiger partial charge in [0.05, 0.1) is 5.69 Å². The fourth-order valence-electron chi connectivity index (χ4n) is 0.806. The van der Waals surface area contributed by atoms with Gasteiger partial charge in [-0.25, -0.2) is 0 Å². The number of aryl methyl sites for hydroxylation is 1. The second-order valence-corrected chi connectivity index (χ2v) is 2.14. The number of hydrogen-bond donors (Lipinski definition) is 0. The van der Waals surface area contributed by atoms with Crippen LogP contribution in [0, 0.1) is 6.92 Å². The molecular weight excluding hydrogens is 124 g/mol. The molecule has 1 aromatic rings. The van der Waals surface area contributed by atoms with Crippen LogP contribution < -0.4 is 0 Å². The number of azo groups is 1. The van der Waals surface area contributed by atoms with Crippen LogP contribution in [0.2, 0.25) is 0 Å². The second kappa shape index (κ2) is 3.11. The maximum absolute atomic E-state index is 3.89. The third-order valence-electron chi connectivity index (χ3n) is 1.22. The minimum absolute atomic E-state index is 0.919. The molecule has 0 aliphatic carbocycles. The van der Waals surface area contributed by atoms with Crippen molar-refractivity contribution in [2.75, 3.05) is 7.05 Å². The van der Waals surface area contributed by atoms with Crippen LogP contribution in [-0.4, -0.2) is 7.05 Å². The summed E-state index contributed by atoms with van der Waals surface area (Å²) in [6.45, 7) is 2.04. The molecule has 0 N–H and O–H groups in total. The summed E-state index contributed by atoms with van der Waals surface area (Å²) in [5, 5.41) is 7.56. The zero-order valence-electron chi connectivity index (χ0n) is 6.20. The second-order valence-electron chi connectivity index (χ2n) is 2.14. The van der Waals surface area contributed by atoms with Crippen molar-refractivity contribution in [3.8, 4) is 0 Å². The Bertz CT molecular complexity index is 241. The average Bonchev–Trinajstić information content (AvgIpc) is 1.88. The minimum Gasteiger partial charge on any atom is -0.192 e. The zero-order chi connectivity index (χ0) is 7.40. The zero-order valence-corrected chi connectivity index (χ0v) is 6.20. The summed E-state index contributed by atoms with van der Waals surface area (Å²) in [5.41, 5.74) is 2.13. The Kier molecular flexibility index (Phi) is 2.15. The molecule has 0 atom stereocenters. The van der Waals surface area contributed by atoms with Gasteiger partial charge in [-0.2, -0.15) is 10.2 Å².